The van der Waals surface area contributed by atoms with Gasteiger partial charge >= 0.3 is 0 Å². The summed E-state index contributed by atoms with van der Waals surface area (Å²) in [6, 6.07) is 6.79. The van der Waals surface area contributed by atoms with Crippen LogP contribution in [0.1, 0.15) is 31.2 Å². The van der Waals surface area contributed by atoms with Crippen LogP contribution in [0.3, 0.4) is 0 Å². The molecule has 3 nitrogen and oxygen atoms in total. The maximum Gasteiger partial charge on any atom is 0.161 e. The zero-order valence-corrected chi connectivity index (χ0v) is 11.9. The average molecular weight is 272 g/mol. The molecule has 1 N–H and O–H groups in total. The number of benzene rings is 1. The minimum atomic E-state index is 0. The summed E-state index contributed by atoms with van der Waals surface area (Å²) in [6.45, 7) is 0.908. The van der Waals surface area contributed by atoms with E-state index in [0.717, 1.165) is 18.0 Å². The van der Waals surface area contributed by atoms with Crippen molar-refractivity contribution in [3.63, 3.8) is 0 Å². The fourth-order valence-electron chi connectivity index (χ4n) is 2.38. The van der Waals surface area contributed by atoms with E-state index < -0.39 is 0 Å². The Balaban J connectivity index is 0.00000162. The summed E-state index contributed by atoms with van der Waals surface area (Å²) >= 11 is 0. The number of hydrogen-bond donors (Lipinski definition) is 1. The normalized spacial score (nSPS) is 15.2. The zero-order valence-electron chi connectivity index (χ0n) is 11.1. The van der Waals surface area contributed by atoms with Gasteiger partial charge in [-0.05, 0) is 30.5 Å². The van der Waals surface area contributed by atoms with Gasteiger partial charge in [0.15, 0.2) is 11.5 Å². The minimum Gasteiger partial charge on any atom is -0.493 e. The Labute approximate surface area is 115 Å². The molecule has 1 fully saturated rings. The van der Waals surface area contributed by atoms with Crippen LogP contribution in [0.2, 0.25) is 0 Å². The summed E-state index contributed by atoms with van der Waals surface area (Å²) in [5, 5.41) is 3.59. The Morgan fingerprint density at radius 3 is 2.39 bits per heavy atom. The van der Waals surface area contributed by atoms with E-state index in [1.807, 2.05) is 12.1 Å². The van der Waals surface area contributed by atoms with E-state index in [-0.39, 0.29) is 12.4 Å². The third kappa shape index (κ3) is 3.79. The second kappa shape index (κ2) is 7.49. The lowest BCUT2D eigenvalue weighted by molar-refractivity contribution is 0.354. The molecule has 2 rings (SSSR count). The Morgan fingerprint density at radius 1 is 1.11 bits per heavy atom. The standard InChI is InChI=1S/C14H21NO2.ClH/c1-16-13-8-7-11(9-14(13)17-2)10-15-12-5-3-4-6-12;/h7-9,12,15H,3-6,10H2,1-2H3;1H. The SMILES string of the molecule is COc1ccc(CNC2CCCC2)cc1OC.Cl. The molecule has 1 aromatic rings. The molecular formula is C14H22ClNO2. The fourth-order valence-corrected chi connectivity index (χ4v) is 2.38. The van der Waals surface area contributed by atoms with Crippen molar-refractivity contribution in [2.45, 2.75) is 38.3 Å². The Morgan fingerprint density at radius 2 is 1.78 bits per heavy atom. The van der Waals surface area contributed by atoms with Gasteiger partial charge in [-0.25, -0.2) is 0 Å². The number of hydrogen-bond acceptors (Lipinski definition) is 3. The summed E-state index contributed by atoms with van der Waals surface area (Å²) in [5.41, 5.74) is 1.24. The number of ether oxygens (including phenoxy) is 2. The smallest absolute Gasteiger partial charge is 0.161 e. The van der Waals surface area contributed by atoms with Crippen molar-refractivity contribution < 1.29 is 9.47 Å². The maximum absolute atomic E-state index is 5.30. The highest BCUT2D eigenvalue weighted by atomic mass is 35.5. The van der Waals surface area contributed by atoms with Crippen LogP contribution >= 0.6 is 12.4 Å². The topological polar surface area (TPSA) is 30.5 Å². The number of rotatable bonds is 5. The molecule has 0 aliphatic heterocycles. The van der Waals surface area contributed by atoms with E-state index in [1.54, 1.807) is 14.2 Å². The molecule has 0 unspecified atom stereocenters. The van der Waals surface area contributed by atoms with Gasteiger partial charge < -0.3 is 14.8 Å². The lowest BCUT2D eigenvalue weighted by Crippen LogP contribution is -2.25. The summed E-state index contributed by atoms with van der Waals surface area (Å²) in [5.74, 6) is 1.59. The largest absolute Gasteiger partial charge is 0.493 e. The number of methoxy groups -OCH3 is 2. The predicted octanol–water partition coefficient (Wildman–Crippen LogP) is 3.16. The van der Waals surface area contributed by atoms with Gasteiger partial charge in [0.1, 0.15) is 0 Å². The van der Waals surface area contributed by atoms with Crippen molar-refractivity contribution in [2.24, 2.45) is 0 Å². The molecule has 1 saturated carbocycles. The van der Waals surface area contributed by atoms with Crippen LogP contribution in [0.15, 0.2) is 18.2 Å². The first-order valence-electron chi connectivity index (χ1n) is 6.28. The van der Waals surface area contributed by atoms with Crippen LogP contribution in [0.25, 0.3) is 0 Å². The van der Waals surface area contributed by atoms with Gasteiger partial charge in [0.05, 0.1) is 14.2 Å². The molecule has 0 bridgehead atoms. The molecule has 0 aromatic heterocycles. The van der Waals surface area contributed by atoms with E-state index in [1.165, 1.54) is 31.2 Å². The highest BCUT2D eigenvalue weighted by Gasteiger charge is 2.14. The van der Waals surface area contributed by atoms with Crippen LogP contribution in [0.5, 0.6) is 11.5 Å². The Kier molecular flexibility index (Phi) is 6.30. The minimum absolute atomic E-state index is 0. The summed E-state index contributed by atoms with van der Waals surface area (Å²) in [6.07, 6.45) is 5.35. The molecule has 1 aromatic carbocycles. The third-order valence-corrected chi connectivity index (χ3v) is 3.40. The molecular weight excluding hydrogens is 250 g/mol. The highest BCUT2D eigenvalue weighted by Crippen LogP contribution is 2.27. The lowest BCUT2D eigenvalue weighted by atomic mass is 10.1. The van der Waals surface area contributed by atoms with Gasteiger partial charge in [0, 0.05) is 12.6 Å². The Bertz CT molecular complexity index is 365. The van der Waals surface area contributed by atoms with Crippen LogP contribution < -0.4 is 14.8 Å². The molecule has 102 valence electrons. The van der Waals surface area contributed by atoms with Gasteiger partial charge in [-0.3, -0.25) is 0 Å². The van der Waals surface area contributed by atoms with Crippen molar-refractivity contribution in [3.8, 4) is 11.5 Å². The van der Waals surface area contributed by atoms with Crippen molar-refractivity contribution in [3.05, 3.63) is 23.8 Å². The molecule has 0 radical (unpaired) electrons. The molecule has 0 saturated heterocycles. The van der Waals surface area contributed by atoms with E-state index in [4.69, 9.17) is 9.47 Å². The summed E-state index contributed by atoms with van der Waals surface area (Å²) in [7, 11) is 3.33. The second-order valence-electron chi connectivity index (χ2n) is 4.55. The lowest BCUT2D eigenvalue weighted by Gasteiger charge is -2.13. The first kappa shape index (κ1) is 15.1. The van der Waals surface area contributed by atoms with Crippen LogP contribution in [0, 0.1) is 0 Å². The zero-order chi connectivity index (χ0) is 12.1. The molecule has 0 spiro atoms. The van der Waals surface area contributed by atoms with Gasteiger partial charge in [-0.15, -0.1) is 12.4 Å². The van der Waals surface area contributed by atoms with Crippen molar-refractivity contribution in [1.29, 1.82) is 0 Å². The number of halogens is 1. The molecule has 0 atom stereocenters. The van der Waals surface area contributed by atoms with Crippen molar-refractivity contribution in [2.75, 3.05) is 14.2 Å². The Hall–Kier alpha value is -0.930. The van der Waals surface area contributed by atoms with E-state index in [0.29, 0.717) is 6.04 Å². The van der Waals surface area contributed by atoms with Gasteiger partial charge in [0.2, 0.25) is 0 Å². The maximum atomic E-state index is 5.30. The predicted molar refractivity (Wildman–Crippen MR) is 75.9 cm³/mol. The third-order valence-electron chi connectivity index (χ3n) is 3.40. The first-order chi connectivity index (χ1) is 8.33. The molecule has 0 heterocycles. The van der Waals surface area contributed by atoms with Crippen molar-refractivity contribution in [1.82, 2.24) is 5.32 Å². The average Bonchev–Trinajstić information content (AvgIpc) is 2.89. The quantitative estimate of drug-likeness (QED) is 0.892. The van der Waals surface area contributed by atoms with E-state index in [9.17, 15) is 0 Å². The van der Waals surface area contributed by atoms with E-state index >= 15 is 0 Å². The van der Waals surface area contributed by atoms with Crippen molar-refractivity contribution >= 4 is 12.4 Å². The van der Waals surface area contributed by atoms with Crippen LogP contribution in [-0.4, -0.2) is 20.3 Å². The molecule has 18 heavy (non-hydrogen) atoms. The summed E-state index contributed by atoms with van der Waals surface area (Å²) < 4.78 is 10.5. The fraction of sp³-hybridized carbons (Fsp3) is 0.571. The van der Waals surface area contributed by atoms with E-state index in [2.05, 4.69) is 11.4 Å². The highest BCUT2D eigenvalue weighted by molar-refractivity contribution is 5.85. The molecule has 0 amide bonds. The van der Waals surface area contributed by atoms with Crippen LogP contribution in [-0.2, 0) is 6.54 Å². The molecule has 4 heteroatoms. The monoisotopic (exact) mass is 271 g/mol. The summed E-state index contributed by atoms with van der Waals surface area (Å²) in [4.78, 5) is 0. The van der Waals surface area contributed by atoms with Gasteiger partial charge in [0.25, 0.3) is 0 Å². The van der Waals surface area contributed by atoms with Crippen LogP contribution in [0.4, 0.5) is 0 Å². The molecule has 1 aliphatic rings. The van der Waals surface area contributed by atoms with Gasteiger partial charge in [-0.1, -0.05) is 18.9 Å². The van der Waals surface area contributed by atoms with Gasteiger partial charge in [-0.2, -0.15) is 0 Å². The molecule has 1 aliphatic carbocycles. The first-order valence-corrected chi connectivity index (χ1v) is 6.28. The number of nitrogens with one attached hydrogen (secondary N) is 1. The second-order valence-corrected chi connectivity index (χ2v) is 4.55.